The summed E-state index contributed by atoms with van der Waals surface area (Å²) in [7, 11) is 0. The molecular weight excluding hydrogens is 402 g/mol. The number of ketones is 1. The molecule has 0 aromatic rings. The molecule has 0 aromatic heterocycles. The van der Waals surface area contributed by atoms with Gasteiger partial charge in [-0.2, -0.15) is 11.8 Å². The van der Waals surface area contributed by atoms with Crippen LogP contribution >= 0.6 is 11.8 Å². The van der Waals surface area contributed by atoms with Crippen molar-refractivity contribution in [1.29, 1.82) is 0 Å². The molecule has 3 nitrogen and oxygen atoms in total. The fourth-order valence-electron chi connectivity index (χ4n) is 9.65. The molecule has 0 amide bonds. The van der Waals surface area contributed by atoms with Crippen molar-refractivity contribution in [2.45, 2.75) is 103 Å². The molecule has 0 spiro atoms. The van der Waals surface area contributed by atoms with Gasteiger partial charge >= 0.3 is 0 Å². The number of rotatable bonds is 2. The Kier molecular flexibility index (Phi) is 5.67. The Hall–Kier alpha value is -0.0600. The largest absolute Gasteiger partial charge is 0.391 e. The van der Waals surface area contributed by atoms with Crippen LogP contribution in [-0.4, -0.2) is 51.5 Å². The van der Waals surface area contributed by atoms with E-state index in [1.165, 1.54) is 44.3 Å². The SMILES string of the molecule is CC(=O)[C@H]1CC[C@H]2[C@@H]3CC[C@H]4C[C@H](O)[C@@H](N5CCSC(C)(C)C5)C[C@]4(C)[C@H]3CC[C@]12C. The molecular formula is C27H45NO2S. The van der Waals surface area contributed by atoms with Gasteiger partial charge in [-0.25, -0.2) is 0 Å². The molecule has 0 bridgehead atoms. The first-order chi connectivity index (χ1) is 14.6. The highest BCUT2D eigenvalue weighted by molar-refractivity contribution is 8.00. The summed E-state index contributed by atoms with van der Waals surface area (Å²) in [4.78, 5) is 15.1. The number of nitrogens with zero attached hydrogens (tertiary/aromatic N) is 1. The van der Waals surface area contributed by atoms with Crippen molar-refractivity contribution in [3.8, 4) is 0 Å². The van der Waals surface area contributed by atoms with Gasteiger partial charge in [0.15, 0.2) is 0 Å². The van der Waals surface area contributed by atoms with Crippen LogP contribution in [0.15, 0.2) is 0 Å². The molecule has 4 saturated carbocycles. The molecule has 9 atom stereocenters. The molecule has 5 fully saturated rings. The molecule has 4 heteroatoms. The van der Waals surface area contributed by atoms with E-state index in [-0.39, 0.29) is 11.5 Å². The summed E-state index contributed by atoms with van der Waals surface area (Å²) in [6, 6.07) is 0.335. The molecule has 1 aliphatic heterocycles. The number of aliphatic hydroxyl groups excluding tert-OH is 1. The molecule has 176 valence electrons. The average molecular weight is 448 g/mol. The van der Waals surface area contributed by atoms with E-state index < -0.39 is 0 Å². The van der Waals surface area contributed by atoms with Gasteiger partial charge in [0.2, 0.25) is 0 Å². The Labute approximate surface area is 194 Å². The fraction of sp³-hybridized carbons (Fsp3) is 0.963. The van der Waals surface area contributed by atoms with Crippen molar-refractivity contribution in [3.63, 3.8) is 0 Å². The maximum atomic E-state index is 12.4. The van der Waals surface area contributed by atoms with Gasteiger partial charge in [-0.15, -0.1) is 0 Å². The maximum Gasteiger partial charge on any atom is 0.133 e. The van der Waals surface area contributed by atoms with Crippen LogP contribution in [0.3, 0.4) is 0 Å². The number of carbonyl (C=O) groups excluding carboxylic acids is 1. The quantitative estimate of drug-likeness (QED) is 0.615. The number of fused-ring (bicyclic) bond motifs is 5. The second-order valence-corrected chi connectivity index (χ2v) is 14.9. The van der Waals surface area contributed by atoms with E-state index in [9.17, 15) is 9.90 Å². The van der Waals surface area contributed by atoms with E-state index in [0.29, 0.717) is 33.8 Å². The Balaban J connectivity index is 1.39. The molecule has 5 rings (SSSR count). The van der Waals surface area contributed by atoms with E-state index in [1.54, 1.807) is 0 Å². The zero-order valence-electron chi connectivity index (χ0n) is 20.5. The van der Waals surface area contributed by atoms with Gasteiger partial charge in [0.05, 0.1) is 6.10 Å². The van der Waals surface area contributed by atoms with Crippen LogP contribution in [0.1, 0.15) is 86.0 Å². The van der Waals surface area contributed by atoms with Crippen molar-refractivity contribution in [3.05, 3.63) is 0 Å². The Morgan fingerprint density at radius 1 is 1.00 bits per heavy atom. The number of hydrogen-bond acceptors (Lipinski definition) is 4. The van der Waals surface area contributed by atoms with Crippen LogP contribution in [0.5, 0.6) is 0 Å². The van der Waals surface area contributed by atoms with E-state index in [0.717, 1.165) is 43.7 Å². The second kappa shape index (κ2) is 7.73. The van der Waals surface area contributed by atoms with Crippen LogP contribution in [0.2, 0.25) is 0 Å². The third-order valence-electron chi connectivity index (χ3n) is 11.1. The van der Waals surface area contributed by atoms with Crippen molar-refractivity contribution in [1.82, 2.24) is 4.90 Å². The number of Topliss-reactive ketones (excluding diaryl/α,β-unsaturated/α-hetero) is 1. The van der Waals surface area contributed by atoms with Crippen LogP contribution in [-0.2, 0) is 4.79 Å². The lowest BCUT2D eigenvalue weighted by molar-refractivity contribution is -0.152. The van der Waals surface area contributed by atoms with Gasteiger partial charge in [0, 0.05) is 35.5 Å². The van der Waals surface area contributed by atoms with Crippen molar-refractivity contribution < 1.29 is 9.90 Å². The lowest BCUT2D eigenvalue weighted by Gasteiger charge is -2.63. The predicted octanol–water partition coefficient (Wildman–Crippen LogP) is 5.40. The van der Waals surface area contributed by atoms with Crippen LogP contribution in [0.25, 0.3) is 0 Å². The first-order valence-corrected chi connectivity index (χ1v) is 14.1. The van der Waals surface area contributed by atoms with E-state index in [1.807, 2.05) is 6.92 Å². The van der Waals surface area contributed by atoms with Gasteiger partial charge in [0.1, 0.15) is 5.78 Å². The molecule has 5 aliphatic rings. The molecule has 4 aliphatic carbocycles. The molecule has 0 unspecified atom stereocenters. The Bertz CT molecular complexity index is 724. The number of aliphatic hydroxyl groups is 1. The molecule has 31 heavy (non-hydrogen) atoms. The van der Waals surface area contributed by atoms with E-state index in [4.69, 9.17) is 0 Å². The number of carbonyl (C=O) groups is 1. The van der Waals surface area contributed by atoms with Gasteiger partial charge in [0.25, 0.3) is 0 Å². The normalized spacial score (nSPS) is 52.1. The van der Waals surface area contributed by atoms with Crippen LogP contribution in [0, 0.1) is 40.4 Å². The number of thioether (sulfide) groups is 1. The highest BCUT2D eigenvalue weighted by Gasteiger charge is 2.62. The number of hydrogen-bond donors (Lipinski definition) is 1. The van der Waals surface area contributed by atoms with Crippen molar-refractivity contribution in [2.75, 3.05) is 18.8 Å². The van der Waals surface area contributed by atoms with Gasteiger partial charge in [-0.3, -0.25) is 9.69 Å². The lowest BCUT2D eigenvalue weighted by Crippen LogP contribution is -2.61. The predicted molar refractivity (Wildman–Crippen MR) is 129 cm³/mol. The summed E-state index contributed by atoms with van der Waals surface area (Å²) in [5, 5.41) is 11.2. The van der Waals surface area contributed by atoms with Crippen LogP contribution < -0.4 is 0 Å². The first kappa shape index (κ1) is 22.7. The average Bonchev–Trinajstić information content (AvgIpc) is 3.05. The van der Waals surface area contributed by atoms with Crippen molar-refractivity contribution in [2.24, 2.45) is 40.4 Å². The summed E-state index contributed by atoms with van der Waals surface area (Å²) in [5.41, 5.74) is 0.606. The van der Waals surface area contributed by atoms with Crippen molar-refractivity contribution >= 4 is 17.5 Å². The zero-order chi connectivity index (χ0) is 22.2. The summed E-state index contributed by atoms with van der Waals surface area (Å²) < 4.78 is 0.295. The third-order valence-corrected chi connectivity index (χ3v) is 12.4. The summed E-state index contributed by atoms with van der Waals surface area (Å²) in [5.74, 6) is 4.95. The molecule has 1 saturated heterocycles. The van der Waals surface area contributed by atoms with E-state index >= 15 is 0 Å². The second-order valence-electron chi connectivity index (χ2n) is 13.1. The molecule has 1 N–H and O–H groups in total. The maximum absolute atomic E-state index is 12.4. The molecule has 0 radical (unpaired) electrons. The first-order valence-electron chi connectivity index (χ1n) is 13.1. The fourth-order valence-corrected chi connectivity index (χ4v) is 10.8. The highest BCUT2D eigenvalue weighted by atomic mass is 32.2. The van der Waals surface area contributed by atoms with Crippen LogP contribution in [0.4, 0.5) is 0 Å². The van der Waals surface area contributed by atoms with Gasteiger partial charge < -0.3 is 5.11 Å². The highest BCUT2D eigenvalue weighted by Crippen LogP contribution is 2.67. The Morgan fingerprint density at radius 2 is 1.74 bits per heavy atom. The molecule has 1 heterocycles. The summed E-state index contributed by atoms with van der Waals surface area (Å²) >= 11 is 2.09. The lowest BCUT2D eigenvalue weighted by atomic mass is 9.44. The topological polar surface area (TPSA) is 40.5 Å². The third kappa shape index (κ3) is 3.57. The summed E-state index contributed by atoms with van der Waals surface area (Å²) in [6.07, 6.45) is 9.60. The summed E-state index contributed by atoms with van der Waals surface area (Å²) in [6.45, 7) is 13.9. The zero-order valence-corrected chi connectivity index (χ0v) is 21.3. The smallest absolute Gasteiger partial charge is 0.133 e. The minimum Gasteiger partial charge on any atom is -0.391 e. The minimum atomic E-state index is -0.157. The monoisotopic (exact) mass is 447 g/mol. The van der Waals surface area contributed by atoms with Gasteiger partial charge in [-0.1, -0.05) is 13.8 Å². The minimum absolute atomic E-state index is 0.157. The van der Waals surface area contributed by atoms with Gasteiger partial charge in [-0.05, 0) is 107 Å². The molecule has 0 aromatic carbocycles. The standard InChI is InChI=1S/C27H45NO2S/c1-17(29)20-8-9-21-19-7-6-18-14-24(30)23(28-12-13-31-25(2,3)16-28)15-27(18,5)22(19)10-11-26(20,21)4/h18-24,30H,6-16H2,1-5H3/t18-,19-,20+,21-,22-,23-,24-,26+,27-/m0/s1. The van der Waals surface area contributed by atoms with E-state index in [2.05, 4.69) is 44.4 Å². The Morgan fingerprint density at radius 3 is 2.45 bits per heavy atom.